The number of rotatable bonds is 7. The van der Waals surface area contributed by atoms with Crippen LogP contribution in [0, 0.1) is 17.6 Å². The number of nitrogens with one attached hydrogen (secondary N) is 1. The van der Waals surface area contributed by atoms with Crippen LogP contribution in [0.4, 0.5) is 8.78 Å². The molecule has 1 aliphatic rings. The van der Waals surface area contributed by atoms with E-state index < -0.39 is 5.82 Å². The van der Waals surface area contributed by atoms with Crippen LogP contribution in [0.2, 0.25) is 0 Å². The van der Waals surface area contributed by atoms with Crippen molar-refractivity contribution in [2.45, 2.75) is 25.8 Å². The Morgan fingerprint density at radius 2 is 2.17 bits per heavy atom. The molecule has 1 atom stereocenters. The van der Waals surface area contributed by atoms with Gasteiger partial charge in [0.15, 0.2) is 0 Å². The van der Waals surface area contributed by atoms with Gasteiger partial charge >= 0.3 is 0 Å². The Bertz CT molecular complexity index is 393. The smallest absolute Gasteiger partial charge is 0.128 e. The molecule has 2 rings (SSSR count). The first-order chi connectivity index (χ1) is 8.66. The van der Waals surface area contributed by atoms with E-state index in [-0.39, 0.29) is 11.9 Å². The molecule has 0 bridgehead atoms. The lowest BCUT2D eigenvalue weighted by Crippen LogP contribution is -2.24. The van der Waals surface area contributed by atoms with Crippen LogP contribution in [-0.2, 0) is 4.74 Å². The minimum atomic E-state index is -0.412. The molecule has 1 aromatic carbocycles. The Kier molecular flexibility index (Phi) is 4.66. The lowest BCUT2D eigenvalue weighted by molar-refractivity contribution is 0.124. The fourth-order valence-electron chi connectivity index (χ4n) is 1.84. The summed E-state index contributed by atoms with van der Waals surface area (Å²) in [7, 11) is 0. The van der Waals surface area contributed by atoms with Gasteiger partial charge in [0.1, 0.15) is 11.6 Å². The molecule has 1 unspecified atom stereocenters. The number of hydrogen-bond acceptors (Lipinski definition) is 2. The van der Waals surface area contributed by atoms with E-state index in [1.807, 2.05) is 6.92 Å². The highest BCUT2D eigenvalue weighted by molar-refractivity contribution is 5.21. The van der Waals surface area contributed by atoms with Crippen molar-refractivity contribution in [2.75, 3.05) is 19.8 Å². The Morgan fingerprint density at radius 3 is 2.89 bits per heavy atom. The Labute approximate surface area is 106 Å². The van der Waals surface area contributed by atoms with Gasteiger partial charge in [0, 0.05) is 24.8 Å². The second-order valence-corrected chi connectivity index (χ2v) is 4.86. The molecule has 0 aromatic heterocycles. The van der Waals surface area contributed by atoms with Crippen molar-refractivity contribution >= 4 is 0 Å². The van der Waals surface area contributed by atoms with Gasteiger partial charge in [0.25, 0.3) is 0 Å². The molecule has 18 heavy (non-hydrogen) atoms. The maximum absolute atomic E-state index is 13.5. The summed E-state index contributed by atoms with van der Waals surface area (Å²) in [6.45, 7) is 3.89. The number of benzene rings is 1. The van der Waals surface area contributed by atoms with Gasteiger partial charge in [-0.1, -0.05) is 0 Å². The molecular formula is C14H19F2NO. The zero-order valence-electron chi connectivity index (χ0n) is 10.6. The molecular weight excluding hydrogens is 236 g/mol. The second-order valence-electron chi connectivity index (χ2n) is 4.86. The van der Waals surface area contributed by atoms with Crippen molar-refractivity contribution in [2.24, 2.45) is 5.92 Å². The normalized spacial score (nSPS) is 16.8. The summed E-state index contributed by atoms with van der Waals surface area (Å²) in [5.41, 5.74) is 0.359. The molecule has 0 aliphatic heterocycles. The SMILES string of the molecule is CC(NCCOCC1CC1)c1cc(F)ccc1F. The zero-order valence-corrected chi connectivity index (χ0v) is 10.6. The van der Waals surface area contributed by atoms with Crippen molar-refractivity contribution in [3.05, 3.63) is 35.4 Å². The first kappa shape index (κ1) is 13.4. The molecule has 1 N–H and O–H groups in total. The molecule has 0 amide bonds. The summed E-state index contributed by atoms with van der Waals surface area (Å²) < 4.78 is 32.0. The third-order valence-electron chi connectivity index (χ3n) is 3.17. The first-order valence-electron chi connectivity index (χ1n) is 6.43. The molecule has 100 valence electrons. The van der Waals surface area contributed by atoms with Gasteiger partial charge in [-0.05, 0) is 43.9 Å². The van der Waals surface area contributed by atoms with Crippen molar-refractivity contribution in [1.82, 2.24) is 5.32 Å². The average molecular weight is 255 g/mol. The highest BCUT2D eigenvalue weighted by Crippen LogP contribution is 2.28. The largest absolute Gasteiger partial charge is 0.380 e. The highest BCUT2D eigenvalue weighted by Gasteiger charge is 2.20. The van der Waals surface area contributed by atoms with E-state index >= 15 is 0 Å². The van der Waals surface area contributed by atoms with Crippen molar-refractivity contribution in [3.8, 4) is 0 Å². The van der Waals surface area contributed by atoms with Crippen LogP contribution in [0.25, 0.3) is 0 Å². The Morgan fingerprint density at radius 1 is 1.39 bits per heavy atom. The minimum Gasteiger partial charge on any atom is -0.380 e. The first-order valence-corrected chi connectivity index (χ1v) is 6.43. The lowest BCUT2D eigenvalue weighted by Gasteiger charge is -2.15. The molecule has 1 fully saturated rings. The van der Waals surface area contributed by atoms with Crippen molar-refractivity contribution < 1.29 is 13.5 Å². The summed E-state index contributed by atoms with van der Waals surface area (Å²) in [6.07, 6.45) is 2.55. The van der Waals surface area contributed by atoms with Gasteiger partial charge in [-0.2, -0.15) is 0 Å². The molecule has 1 aromatic rings. The predicted octanol–water partition coefficient (Wildman–Crippen LogP) is 3.04. The molecule has 0 radical (unpaired) electrons. The summed E-state index contributed by atoms with van der Waals surface area (Å²) in [5, 5.41) is 3.13. The average Bonchev–Trinajstić information content (AvgIpc) is 3.15. The third kappa shape index (κ3) is 4.03. The van der Waals surface area contributed by atoms with Crippen molar-refractivity contribution in [3.63, 3.8) is 0 Å². The zero-order chi connectivity index (χ0) is 13.0. The number of halogens is 2. The standard InChI is InChI=1S/C14H19F2NO/c1-10(13-8-12(15)4-5-14(13)16)17-6-7-18-9-11-2-3-11/h4-5,8,10-11,17H,2-3,6-7,9H2,1H3. The van der Waals surface area contributed by atoms with E-state index in [1.54, 1.807) is 0 Å². The maximum Gasteiger partial charge on any atom is 0.128 e. The van der Waals surface area contributed by atoms with Crippen LogP contribution >= 0.6 is 0 Å². The van der Waals surface area contributed by atoms with Crippen LogP contribution in [0.15, 0.2) is 18.2 Å². The highest BCUT2D eigenvalue weighted by atomic mass is 19.1. The van der Waals surface area contributed by atoms with Gasteiger partial charge < -0.3 is 10.1 Å². The van der Waals surface area contributed by atoms with Crippen LogP contribution in [0.3, 0.4) is 0 Å². The lowest BCUT2D eigenvalue weighted by atomic mass is 10.1. The number of hydrogen-bond donors (Lipinski definition) is 1. The van der Waals surface area contributed by atoms with E-state index in [2.05, 4.69) is 5.32 Å². The van der Waals surface area contributed by atoms with E-state index in [0.717, 1.165) is 24.7 Å². The van der Waals surface area contributed by atoms with E-state index in [1.165, 1.54) is 18.9 Å². The van der Waals surface area contributed by atoms with E-state index in [9.17, 15) is 8.78 Å². The molecule has 1 saturated carbocycles. The van der Waals surface area contributed by atoms with E-state index in [4.69, 9.17) is 4.74 Å². The molecule has 2 nitrogen and oxygen atoms in total. The fraction of sp³-hybridized carbons (Fsp3) is 0.571. The Hall–Kier alpha value is -1.00. The second kappa shape index (κ2) is 6.25. The Balaban J connectivity index is 1.72. The summed E-state index contributed by atoms with van der Waals surface area (Å²) >= 11 is 0. The van der Waals surface area contributed by atoms with Gasteiger partial charge in [0.05, 0.1) is 6.61 Å². The summed E-state index contributed by atoms with van der Waals surface area (Å²) in [4.78, 5) is 0. The van der Waals surface area contributed by atoms with Crippen LogP contribution in [0.1, 0.15) is 31.4 Å². The molecule has 1 aliphatic carbocycles. The van der Waals surface area contributed by atoms with E-state index in [0.29, 0.717) is 18.7 Å². The predicted molar refractivity (Wildman–Crippen MR) is 66.3 cm³/mol. The minimum absolute atomic E-state index is 0.217. The summed E-state index contributed by atoms with van der Waals surface area (Å²) in [6, 6.07) is 3.31. The molecule has 0 saturated heterocycles. The van der Waals surface area contributed by atoms with Gasteiger partial charge in [-0.25, -0.2) is 8.78 Å². The quantitative estimate of drug-likeness (QED) is 0.756. The van der Waals surface area contributed by atoms with Crippen LogP contribution < -0.4 is 5.32 Å². The van der Waals surface area contributed by atoms with Crippen molar-refractivity contribution in [1.29, 1.82) is 0 Å². The third-order valence-corrected chi connectivity index (χ3v) is 3.17. The molecule has 0 spiro atoms. The van der Waals surface area contributed by atoms with Crippen LogP contribution in [-0.4, -0.2) is 19.8 Å². The molecule has 0 heterocycles. The van der Waals surface area contributed by atoms with Gasteiger partial charge in [0.2, 0.25) is 0 Å². The topological polar surface area (TPSA) is 21.3 Å². The van der Waals surface area contributed by atoms with Gasteiger partial charge in [-0.3, -0.25) is 0 Å². The monoisotopic (exact) mass is 255 g/mol. The van der Waals surface area contributed by atoms with Gasteiger partial charge in [-0.15, -0.1) is 0 Å². The maximum atomic E-state index is 13.5. The number of ether oxygens (including phenoxy) is 1. The fourth-order valence-corrected chi connectivity index (χ4v) is 1.84. The van der Waals surface area contributed by atoms with Crippen LogP contribution in [0.5, 0.6) is 0 Å². The summed E-state index contributed by atoms with van der Waals surface area (Å²) in [5.74, 6) is -0.0385. The molecule has 4 heteroatoms.